The third kappa shape index (κ3) is 2.06. The van der Waals surface area contributed by atoms with E-state index < -0.39 is 5.60 Å². The molecule has 0 aromatic rings. The molecule has 1 N–H and O–H groups in total. The number of hydrogen-bond donors (Lipinski definition) is 1. The molecule has 0 aromatic heterocycles. The summed E-state index contributed by atoms with van der Waals surface area (Å²) in [7, 11) is 0. The van der Waals surface area contributed by atoms with Gasteiger partial charge >= 0.3 is 0 Å². The molecule has 3 nitrogen and oxygen atoms in total. The molecular weight excluding hydrogens is 300 g/mol. The first-order valence-corrected chi connectivity index (χ1v) is 9.97. The standard InChI is InChI=1S/C21H32O3/c1-13(22)21(24)11-10-19(2)14(12-21)4-5-15-16-6-7-18(23)20(16,3)9-8-17(15)19/h14-17,24H,4-12H2,1-3H3/t14-,15+,16+,17-,19-,20-,21-/m0/s1. The first-order chi connectivity index (χ1) is 11.2. The molecule has 0 spiro atoms. The van der Waals surface area contributed by atoms with Gasteiger partial charge in [0.2, 0.25) is 0 Å². The zero-order chi connectivity index (χ0) is 17.3. The molecule has 134 valence electrons. The Labute approximate surface area is 145 Å². The second-order valence-electron chi connectivity index (χ2n) is 9.87. The van der Waals surface area contributed by atoms with Gasteiger partial charge in [-0.05, 0) is 87.4 Å². The summed E-state index contributed by atoms with van der Waals surface area (Å²) in [5, 5.41) is 10.7. The fourth-order valence-electron chi connectivity index (χ4n) is 7.34. The van der Waals surface area contributed by atoms with Gasteiger partial charge in [0.05, 0.1) is 0 Å². The van der Waals surface area contributed by atoms with Crippen LogP contribution in [0.25, 0.3) is 0 Å². The van der Waals surface area contributed by atoms with Crippen LogP contribution in [0.5, 0.6) is 0 Å². The van der Waals surface area contributed by atoms with Gasteiger partial charge in [-0.15, -0.1) is 0 Å². The molecule has 0 heterocycles. The van der Waals surface area contributed by atoms with Crippen molar-refractivity contribution in [1.29, 1.82) is 0 Å². The van der Waals surface area contributed by atoms with Crippen molar-refractivity contribution in [3.05, 3.63) is 0 Å². The summed E-state index contributed by atoms with van der Waals surface area (Å²) < 4.78 is 0. The Morgan fingerprint density at radius 2 is 1.79 bits per heavy atom. The molecule has 3 heteroatoms. The van der Waals surface area contributed by atoms with Crippen LogP contribution in [0.2, 0.25) is 0 Å². The van der Waals surface area contributed by atoms with Crippen molar-refractivity contribution in [3.8, 4) is 0 Å². The summed E-state index contributed by atoms with van der Waals surface area (Å²) in [5.41, 5.74) is -0.889. The van der Waals surface area contributed by atoms with Crippen LogP contribution in [0.3, 0.4) is 0 Å². The Kier molecular flexibility index (Phi) is 3.60. The van der Waals surface area contributed by atoms with Crippen LogP contribution in [0, 0.1) is 34.5 Å². The topological polar surface area (TPSA) is 54.4 Å². The molecule has 4 saturated carbocycles. The highest BCUT2D eigenvalue weighted by molar-refractivity contribution is 5.87. The van der Waals surface area contributed by atoms with Crippen LogP contribution >= 0.6 is 0 Å². The zero-order valence-corrected chi connectivity index (χ0v) is 15.4. The van der Waals surface area contributed by atoms with Gasteiger partial charge in [0.15, 0.2) is 5.78 Å². The summed E-state index contributed by atoms with van der Waals surface area (Å²) in [6.07, 6.45) is 8.64. The maximum Gasteiger partial charge on any atom is 0.161 e. The Morgan fingerprint density at radius 1 is 1.04 bits per heavy atom. The van der Waals surface area contributed by atoms with Crippen LogP contribution in [-0.2, 0) is 9.59 Å². The van der Waals surface area contributed by atoms with Crippen molar-refractivity contribution >= 4 is 11.6 Å². The van der Waals surface area contributed by atoms with Crippen molar-refractivity contribution < 1.29 is 14.7 Å². The maximum absolute atomic E-state index is 12.5. The summed E-state index contributed by atoms with van der Waals surface area (Å²) in [4.78, 5) is 24.4. The van der Waals surface area contributed by atoms with E-state index in [2.05, 4.69) is 13.8 Å². The van der Waals surface area contributed by atoms with Gasteiger partial charge in [0.25, 0.3) is 0 Å². The van der Waals surface area contributed by atoms with Crippen LogP contribution in [0.1, 0.15) is 78.6 Å². The van der Waals surface area contributed by atoms with Crippen molar-refractivity contribution in [3.63, 3.8) is 0 Å². The first-order valence-electron chi connectivity index (χ1n) is 9.97. The molecule has 4 aliphatic carbocycles. The van der Waals surface area contributed by atoms with E-state index in [1.165, 1.54) is 6.42 Å². The number of fused-ring (bicyclic) bond motifs is 5. The minimum atomic E-state index is -1.08. The fourth-order valence-corrected chi connectivity index (χ4v) is 7.34. The second kappa shape index (κ2) is 5.16. The molecule has 0 amide bonds. The van der Waals surface area contributed by atoms with Crippen molar-refractivity contribution in [2.24, 2.45) is 34.5 Å². The fraction of sp³-hybridized carbons (Fsp3) is 0.905. The van der Waals surface area contributed by atoms with E-state index in [0.717, 1.165) is 38.5 Å². The molecule has 0 saturated heterocycles. The monoisotopic (exact) mass is 332 g/mol. The molecule has 0 aliphatic heterocycles. The quantitative estimate of drug-likeness (QED) is 0.792. The Hall–Kier alpha value is -0.700. The largest absolute Gasteiger partial charge is 0.382 e. The number of aliphatic hydroxyl groups is 1. The smallest absolute Gasteiger partial charge is 0.161 e. The van der Waals surface area contributed by atoms with Gasteiger partial charge < -0.3 is 5.11 Å². The SMILES string of the molecule is CC(=O)[C@]1(O)CC[C@@]2(C)[C@@H](CC[C@@H]3[C@H]4CCC(=O)[C@@]4(C)CC[C@@H]32)C1. The summed E-state index contributed by atoms with van der Waals surface area (Å²) in [5.74, 6) is 2.85. The van der Waals surface area contributed by atoms with Crippen molar-refractivity contribution in [1.82, 2.24) is 0 Å². The van der Waals surface area contributed by atoms with Gasteiger partial charge in [0.1, 0.15) is 11.4 Å². The Bertz CT molecular complexity index is 584. The third-order valence-electron chi connectivity index (χ3n) is 9.09. The van der Waals surface area contributed by atoms with E-state index in [4.69, 9.17) is 0 Å². The zero-order valence-electron chi connectivity index (χ0n) is 15.4. The molecule has 4 fully saturated rings. The predicted molar refractivity (Wildman–Crippen MR) is 92.4 cm³/mol. The van der Waals surface area contributed by atoms with Gasteiger partial charge in [-0.2, -0.15) is 0 Å². The summed E-state index contributed by atoms with van der Waals surface area (Å²) in [6, 6.07) is 0. The van der Waals surface area contributed by atoms with Crippen LogP contribution in [-0.4, -0.2) is 22.3 Å². The van der Waals surface area contributed by atoms with Crippen molar-refractivity contribution in [2.75, 3.05) is 0 Å². The molecule has 24 heavy (non-hydrogen) atoms. The third-order valence-corrected chi connectivity index (χ3v) is 9.09. The lowest BCUT2D eigenvalue weighted by Gasteiger charge is -2.61. The van der Waals surface area contributed by atoms with Gasteiger partial charge in [-0.25, -0.2) is 0 Å². The minimum Gasteiger partial charge on any atom is -0.382 e. The molecule has 4 aliphatic rings. The van der Waals surface area contributed by atoms with Crippen LogP contribution < -0.4 is 0 Å². The normalized spacial score (nSPS) is 53.9. The molecular formula is C21H32O3. The lowest BCUT2D eigenvalue weighted by atomic mass is 9.44. The summed E-state index contributed by atoms with van der Waals surface area (Å²) >= 11 is 0. The second-order valence-corrected chi connectivity index (χ2v) is 9.87. The van der Waals surface area contributed by atoms with E-state index >= 15 is 0 Å². The predicted octanol–water partition coefficient (Wildman–Crippen LogP) is 3.92. The van der Waals surface area contributed by atoms with Crippen LogP contribution in [0.4, 0.5) is 0 Å². The number of carbonyl (C=O) groups excluding carboxylic acids is 2. The van der Waals surface area contributed by atoms with Crippen LogP contribution in [0.15, 0.2) is 0 Å². The average molecular weight is 332 g/mol. The van der Waals surface area contributed by atoms with Gasteiger partial charge in [0, 0.05) is 11.8 Å². The molecule has 7 atom stereocenters. The number of ketones is 2. The minimum absolute atomic E-state index is 0.0516. The van der Waals surface area contributed by atoms with E-state index in [1.54, 1.807) is 6.92 Å². The van der Waals surface area contributed by atoms with Gasteiger partial charge in [-0.3, -0.25) is 9.59 Å². The summed E-state index contributed by atoms with van der Waals surface area (Å²) in [6.45, 7) is 6.20. The number of carbonyl (C=O) groups is 2. The Morgan fingerprint density at radius 3 is 2.50 bits per heavy atom. The van der Waals surface area contributed by atoms with E-state index in [0.29, 0.717) is 42.3 Å². The lowest BCUT2D eigenvalue weighted by molar-refractivity contribution is -0.165. The molecule has 0 radical (unpaired) electrons. The Balaban J connectivity index is 1.61. The number of rotatable bonds is 1. The number of hydrogen-bond acceptors (Lipinski definition) is 3. The van der Waals surface area contributed by atoms with Gasteiger partial charge in [-0.1, -0.05) is 13.8 Å². The van der Waals surface area contributed by atoms with Crippen molar-refractivity contribution in [2.45, 2.75) is 84.2 Å². The van der Waals surface area contributed by atoms with E-state index in [1.807, 2.05) is 0 Å². The highest BCUT2D eigenvalue weighted by Gasteiger charge is 2.61. The highest BCUT2D eigenvalue weighted by atomic mass is 16.3. The first kappa shape index (κ1) is 16.8. The van der Waals surface area contributed by atoms with E-state index in [-0.39, 0.29) is 16.6 Å². The molecule has 4 rings (SSSR count). The lowest BCUT2D eigenvalue weighted by Crippen LogP contribution is -2.57. The maximum atomic E-state index is 12.5. The molecule has 0 unspecified atom stereocenters. The average Bonchev–Trinajstić information content (AvgIpc) is 2.84. The molecule has 0 aromatic carbocycles. The number of Topliss-reactive ketones (excluding diaryl/α,β-unsaturated/α-hetero) is 2. The highest BCUT2D eigenvalue weighted by Crippen LogP contribution is 2.66. The van der Waals surface area contributed by atoms with E-state index in [9.17, 15) is 14.7 Å². The molecule has 0 bridgehead atoms.